The minimum absolute atomic E-state index is 0.00610. The summed E-state index contributed by atoms with van der Waals surface area (Å²) < 4.78 is 43.1. The Hall–Kier alpha value is -0.210. The monoisotopic (exact) mass is 296 g/mol. The van der Waals surface area contributed by atoms with E-state index in [1.54, 1.807) is 0 Å². The molecule has 0 spiro atoms. The predicted octanol–water partition coefficient (Wildman–Crippen LogP) is 1.65. The van der Waals surface area contributed by atoms with Gasteiger partial charge >= 0.3 is 10.4 Å². The maximum Gasteiger partial charge on any atom is 0.400 e. The molecule has 1 rings (SSSR count). The summed E-state index contributed by atoms with van der Waals surface area (Å²) in [6.45, 7) is 5.49. The third-order valence-corrected chi connectivity index (χ3v) is 3.69. The van der Waals surface area contributed by atoms with Crippen molar-refractivity contribution in [2.24, 2.45) is 0 Å². The molecule has 6 nitrogen and oxygen atoms in total. The zero-order valence-corrected chi connectivity index (χ0v) is 12.5. The van der Waals surface area contributed by atoms with Crippen LogP contribution in [0.5, 0.6) is 0 Å². The van der Waals surface area contributed by atoms with Crippen LogP contribution >= 0.6 is 0 Å². The van der Waals surface area contributed by atoms with Gasteiger partial charge in [0.25, 0.3) is 0 Å². The van der Waals surface area contributed by atoms with Crippen LogP contribution in [0.15, 0.2) is 0 Å². The average Bonchev–Trinajstić information content (AvgIpc) is 2.37. The van der Waals surface area contributed by atoms with Gasteiger partial charge in [-0.25, -0.2) is 8.37 Å². The number of unbranched alkanes of at least 4 members (excludes halogenated alkanes) is 2. The van der Waals surface area contributed by atoms with Gasteiger partial charge in [0.05, 0.1) is 13.2 Å². The minimum atomic E-state index is -3.90. The zero-order valence-electron chi connectivity index (χ0n) is 11.7. The van der Waals surface area contributed by atoms with Crippen LogP contribution in [0.3, 0.4) is 0 Å². The molecule has 1 aliphatic heterocycles. The van der Waals surface area contributed by atoms with Crippen molar-refractivity contribution in [3.05, 3.63) is 0 Å². The van der Waals surface area contributed by atoms with Crippen LogP contribution in [0.2, 0.25) is 0 Å². The number of ether oxygens (including phenoxy) is 2. The first-order valence-corrected chi connectivity index (χ1v) is 8.19. The fraction of sp³-hybridized carbons (Fsp3) is 1.00. The minimum Gasteiger partial charge on any atom is -0.379 e. The summed E-state index contributed by atoms with van der Waals surface area (Å²) in [5, 5.41) is 0. The Balaban J connectivity index is 2.41. The zero-order chi connectivity index (χ0) is 14.1. The van der Waals surface area contributed by atoms with E-state index in [0.29, 0.717) is 13.2 Å². The summed E-state index contributed by atoms with van der Waals surface area (Å²) in [5.74, 6) is 0. The fourth-order valence-electron chi connectivity index (χ4n) is 1.61. The molecule has 0 N–H and O–H groups in total. The first-order valence-electron chi connectivity index (χ1n) is 6.86. The lowest BCUT2D eigenvalue weighted by atomic mass is 10.2. The van der Waals surface area contributed by atoms with Gasteiger partial charge in [0, 0.05) is 13.2 Å². The molecule has 1 heterocycles. The van der Waals surface area contributed by atoms with E-state index in [0.717, 1.165) is 25.7 Å². The van der Waals surface area contributed by atoms with Crippen molar-refractivity contribution < 1.29 is 26.3 Å². The van der Waals surface area contributed by atoms with Crippen LogP contribution < -0.4 is 0 Å². The van der Waals surface area contributed by atoms with Crippen LogP contribution in [0.25, 0.3) is 0 Å². The molecule has 1 aliphatic rings. The maximum atomic E-state index is 11.3. The van der Waals surface area contributed by atoms with Gasteiger partial charge in [-0.15, -0.1) is 0 Å². The third kappa shape index (κ3) is 6.67. The molecule has 19 heavy (non-hydrogen) atoms. The van der Waals surface area contributed by atoms with Gasteiger partial charge in [0.2, 0.25) is 0 Å². The maximum absolute atomic E-state index is 11.3. The molecule has 0 aromatic heterocycles. The lowest BCUT2D eigenvalue weighted by Crippen LogP contribution is -2.45. The van der Waals surface area contributed by atoms with E-state index in [4.69, 9.17) is 13.7 Å². The standard InChI is InChI=1S/C12H24O6S/c1-3-5-7-15-9-12-11(16-8-6-4-2)10-17-19(13,14)18-12/h11-12H,3-10H2,1-2H3/t11-,12-/m1/s1. The molecule has 114 valence electrons. The summed E-state index contributed by atoms with van der Waals surface area (Å²) in [6, 6.07) is 0. The van der Waals surface area contributed by atoms with E-state index in [9.17, 15) is 8.42 Å². The molecule has 0 radical (unpaired) electrons. The van der Waals surface area contributed by atoms with Crippen molar-refractivity contribution in [1.29, 1.82) is 0 Å². The third-order valence-electron chi connectivity index (χ3n) is 2.79. The average molecular weight is 296 g/mol. The summed E-state index contributed by atoms with van der Waals surface area (Å²) in [6.07, 6.45) is 2.90. The Kier molecular flexibility index (Phi) is 7.86. The Morgan fingerprint density at radius 2 is 1.84 bits per heavy atom. The fourth-order valence-corrected chi connectivity index (χ4v) is 2.45. The van der Waals surface area contributed by atoms with Gasteiger partial charge in [-0.2, -0.15) is 8.42 Å². The van der Waals surface area contributed by atoms with Crippen molar-refractivity contribution in [2.45, 2.75) is 51.7 Å². The van der Waals surface area contributed by atoms with Crippen LogP contribution in [-0.2, 0) is 28.2 Å². The van der Waals surface area contributed by atoms with Crippen molar-refractivity contribution in [3.63, 3.8) is 0 Å². The quantitative estimate of drug-likeness (QED) is 0.602. The highest BCUT2D eigenvalue weighted by Crippen LogP contribution is 2.18. The van der Waals surface area contributed by atoms with E-state index < -0.39 is 22.6 Å². The van der Waals surface area contributed by atoms with Crippen LogP contribution in [0.1, 0.15) is 39.5 Å². The molecule has 1 saturated heterocycles. The smallest absolute Gasteiger partial charge is 0.379 e. The van der Waals surface area contributed by atoms with E-state index in [1.165, 1.54) is 0 Å². The van der Waals surface area contributed by atoms with Crippen molar-refractivity contribution in [2.75, 3.05) is 26.4 Å². The van der Waals surface area contributed by atoms with Crippen molar-refractivity contribution in [3.8, 4) is 0 Å². The molecule has 0 unspecified atom stereocenters. The summed E-state index contributed by atoms with van der Waals surface area (Å²) in [7, 11) is -3.90. The topological polar surface area (TPSA) is 71.1 Å². The highest BCUT2D eigenvalue weighted by molar-refractivity contribution is 7.81. The second-order valence-corrected chi connectivity index (χ2v) is 5.76. The molecule has 1 fully saturated rings. The molecule has 2 atom stereocenters. The lowest BCUT2D eigenvalue weighted by Gasteiger charge is -2.30. The van der Waals surface area contributed by atoms with E-state index in [-0.39, 0.29) is 13.2 Å². The molecule has 7 heteroatoms. The summed E-state index contributed by atoms with van der Waals surface area (Å²) in [4.78, 5) is 0. The molecular weight excluding hydrogens is 272 g/mol. The molecular formula is C12H24O6S. The highest BCUT2D eigenvalue weighted by Gasteiger charge is 2.35. The predicted molar refractivity (Wildman–Crippen MR) is 70.1 cm³/mol. The van der Waals surface area contributed by atoms with Gasteiger partial charge in [-0.1, -0.05) is 26.7 Å². The van der Waals surface area contributed by atoms with Gasteiger partial charge in [-0.3, -0.25) is 0 Å². The second kappa shape index (κ2) is 8.86. The van der Waals surface area contributed by atoms with Crippen LogP contribution in [0, 0.1) is 0 Å². The van der Waals surface area contributed by atoms with E-state index in [2.05, 4.69) is 18.0 Å². The first kappa shape index (κ1) is 16.8. The molecule has 0 aliphatic carbocycles. The number of rotatable bonds is 9. The molecule has 0 saturated carbocycles. The molecule has 0 aromatic carbocycles. The van der Waals surface area contributed by atoms with Gasteiger partial charge < -0.3 is 9.47 Å². The Morgan fingerprint density at radius 3 is 2.53 bits per heavy atom. The van der Waals surface area contributed by atoms with E-state index in [1.807, 2.05) is 0 Å². The Labute approximate surface area is 115 Å². The van der Waals surface area contributed by atoms with E-state index >= 15 is 0 Å². The SMILES string of the molecule is CCCCOC[C@H]1OS(=O)(=O)OC[C@H]1OCCCC. The van der Waals surface area contributed by atoms with Crippen LogP contribution in [0.4, 0.5) is 0 Å². The largest absolute Gasteiger partial charge is 0.400 e. The Morgan fingerprint density at radius 1 is 1.16 bits per heavy atom. The first-order chi connectivity index (χ1) is 9.09. The Bertz CT molecular complexity index is 329. The van der Waals surface area contributed by atoms with Crippen molar-refractivity contribution >= 4 is 10.4 Å². The summed E-state index contributed by atoms with van der Waals surface area (Å²) >= 11 is 0. The van der Waals surface area contributed by atoms with Gasteiger partial charge in [-0.05, 0) is 12.8 Å². The lowest BCUT2D eigenvalue weighted by molar-refractivity contribution is -0.100. The van der Waals surface area contributed by atoms with Gasteiger partial charge in [0.15, 0.2) is 0 Å². The highest BCUT2D eigenvalue weighted by atomic mass is 32.3. The molecule has 0 amide bonds. The van der Waals surface area contributed by atoms with Crippen LogP contribution in [-0.4, -0.2) is 47.1 Å². The van der Waals surface area contributed by atoms with Gasteiger partial charge in [0.1, 0.15) is 12.2 Å². The molecule has 0 bridgehead atoms. The number of hydrogen-bond acceptors (Lipinski definition) is 6. The normalized spacial score (nSPS) is 26.4. The number of hydrogen-bond donors (Lipinski definition) is 0. The van der Waals surface area contributed by atoms with Crippen molar-refractivity contribution in [1.82, 2.24) is 0 Å². The molecule has 0 aromatic rings. The summed E-state index contributed by atoms with van der Waals surface area (Å²) in [5.41, 5.74) is 0. The second-order valence-electron chi connectivity index (χ2n) is 4.52.